The molecule has 0 saturated heterocycles. The van der Waals surface area contributed by atoms with E-state index < -0.39 is 28.7 Å². The quantitative estimate of drug-likeness (QED) is 0.294. The van der Waals surface area contributed by atoms with E-state index in [2.05, 4.69) is 21.8 Å². The normalized spacial score (nSPS) is 15.5. The lowest BCUT2D eigenvalue weighted by Crippen LogP contribution is -2.35. The largest absolute Gasteiger partial charge is 0.410 e. The third kappa shape index (κ3) is 3.74. The summed E-state index contributed by atoms with van der Waals surface area (Å²) in [5, 5.41) is 17.9. The molecule has 0 saturated carbocycles. The third-order valence-corrected chi connectivity index (χ3v) is 3.61. The van der Waals surface area contributed by atoms with Crippen LogP contribution < -0.4 is 0 Å². The van der Waals surface area contributed by atoms with Crippen LogP contribution in [0.1, 0.15) is 24.2 Å². The summed E-state index contributed by atoms with van der Waals surface area (Å²) < 4.78 is 26.9. The van der Waals surface area contributed by atoms with Gasteiger partial charge in [-0.1, -0.05) is 25.6 Å². The standard InChI is InChI=1S/C18H18F2N4O2/c1-10(2)18(21-4)24-11(3)5-8-15(22-24)16(23-26)17(25)13-7-6-12(19)9-14(13)20/h5-10,26H,3H2,1-2,4H3/b21-18?,23-16-. The summed E-state index contributed by atoms with van der Waals surface area (Å²) in [6.45, 7) is 7.67. The fourth-order valence-electron chi connectivity index (χ4n) is 2.39. The molecule has 0 fully saturated rings. The number of aliphatic imine (C=N–C) groups is 1. The van der Waals surface area contributed by atoms with Crippen molar-refractivity contribution in [1.29, 1.82) is 0 Å². The molecule has 0 bridgehead atoms. The number of Topliss-reactive ketones (excluding diaryl/α,β-unsaturated/α-hetero) is 1. The van der Waals surface area contributed by atoms with E-state index in [4.69, 9.17) is 0 Å². The Labute approximate surface area is 149 Å². The number of nitrogens with zero attached hydrogens (tertiary/aromatic N) is 4. The van der Waals surface area contributed by atoms with Crippen LogP contribution in [-0.2, 0) is 0 Å². The molecule has 136 valence electrons. The Morgan fingerprint density at radius 1 is 1.31 bits per heavy atom. The van der Waals surface area contributed by atoms with E-state index in [1.54, 1.807) is 13.1 Å². The number of carbonyl (C=O) groups is 1. The lowest BCUT2D eigenvalue weighted by molar-refractivity contribution is 0.106. The van der Waals surface area contributed by atoms with Crippen LogP contribution in [0.2, 0.25) is 0 Å². The molecule has 6 nitrogen and oxygen atoms in total. The van der Waals surface area contributed by atoms with Gasteiger partial charge < -0.3 is 5.21 Å². The Balaban J connectivity index is 2.45. The molecule has 26 heavy (non-hydrogen) atoms. The van der Waals surface area contributed by atoms with Crippen molar-refractivity contribution in [3.05, 3.63) is 59.8 Å². The van der Waals surface area contributed by atoms with Crippen LogP contribution in [-0.4, -0.2) is 40.3 Å². The molecule has 0 atom stereocenters. The van der Waals surface area contributed by atoms with Crippen molar-refractivity contribution < 1.29 is 18.8 Å². The second-order valence-electron chi connectivity index (χ2n) is 5.76. The zero-order valence-electron chi connectivity index (χ0n) is 14.6. The Kier molecular flexibility index (Phi) is 5.76. The number of oxime groups is 1. The van der Waals surface area contributed by atoms with Gasteiger partial charge in [-0.05, 0) is 24.3 Å². The van der Waals surface area contributed by atoms with Gasteiger partial charge in [-0.2, -0.15) is 5.10 Å². The van der Waals surface area contributed by atoms with E-state index in [0.717, 1.165) is 12.1 Å². The number of benzene rings is 1. The van der Waals surface area contributed by atoms with Gasteiger partial charge in [0, 0.05) is 19.0 Å². The zero-order valence-corrected chi connectivity index (χ0v) is 14.6. The molecule has 1 aliphatic heterocycles. The lowest BCUT2D eigenvalue weighted by Gasteiger charge is -2.26. The molecule has 8 heteroatoms. The average Bonchev–Trinajstić information content (AvgIpc) is 2.58. The molecule has 1 heterocycles. The molecule has 1 aliphatic rings. The highest BCUT2D eigenvalue weighted by atomic mass is 19.1. The summed E-state index contributed by atoms with van der Waals surface area (Å²) in [7, 11) is 1.59. The minimum atomic E-state index is -1.06. The fraction of sp³-hybridized carbons (Fsp3) is 0.222. The molecule has 1 aromatic rings. The monoisotopic (exact) mass is 360 g/mol. The van der Waals surface area contributed by atoms with Crippen LogP contribution in [0.15, 0.2) is 57.9 Å². The van der Waals surface area contributed by atoms with Crippen molar-refractivity contribution in [3.8, 4) is 0 Å². The van der Waals surface area contributed by atoms with Gasteiger partial charge in [0.2, 0.25) is 5.78 Å². The third-order valence-electron chi connectivity index (χ3n) is 3.61. The summed E-state index contributed by atoms with van der Waals surface area (Å²) >= 11 is 0. The maximum Gasteiger partial charge on any atom is 0.220 e. The molecule has 1 aromatic carbocycles. The first kappa shape index (κ1) is 19.2. The van der Waals surface area contributed by atoms with Crippen molar-refractivity contribution >= 4 is 23.0 Å². The van der Waals surface area contributed by atoms with Gasteiger partial charge in [0.1, 0.15) is 23.2 Å². The first-order valence-corrected chi connectivity index (χ1v) is 7.74. The van der Waals surface area contributed by atoms with Gasteiger partial charge >= 0.3 is 0 Å². The van der Waals surface area contributed by atoms with Crippen molar-refractivity contribution in [1.82, 2.24) is 5.01 Å². The first-order chi connectivity index (χ1) is 12.3. The van der Waals surface area contributed by atoms with Crippen LogP contribution in [0.25, 0.3) is 0 Å². The van der Waals surface area contributed by atoms with E-state index in [-0.39, 0.29) is 11.6 Å². The Morgan fingerprint density at radius 3 is 2.54 bits per heavy atom. The van der Waals surface area contributed by atoms with Crippen molar-refractivity contribution in [2.45, 2.75) is 13.8 Å². The minimum Gasteiger partial charge on any atom is -0.410 e. The highest BCUT2D eigenvalue weighted by Crippen LogP contribution is 2.18. The van der Waals surface area contributed by atoms with E-state index in [1.807, 2.05) is 13.8 Å². The molecular formula is C18H18F2N4O2. The number of amidine groups is 1. The van der Waals surface area contributed by atoms with Crippen LogP contribution >= 0.6 is 0 Å². The maximum atomic E-state index is 13.9. The van der Waals surface area contributed by atoms with Crippen LogP contribution in [0.4, 0.5) is 8.78 Å². The van der Waals surface area contributed by atoms with Crippen molar-refractivity contribution in [3.63, 3.8) is 0 Å². The number of halogens is 2. The van der Waals surface area contributed by atoms with Crippen LogP contribution in [0.5, 0.6) is 0 Å². The molecule has 0 amide bonds. The smallest absolute Gasteiger partial charge is 0.220 e. The summed E-state index contributed by atoms with van der Waals surface area (Å²) in [5.74, 6) is -2.22. The summed E-state index contributed by atoms with van der Waals surface area (Å²) in [5.41, 5.74) is -0.417. The predicted octanol–water partition coefficient (Wildman–Crippen LogP) is 3.40. The molecule has 0 aromatic heterocycles. The minimum absolute atomic E-state index is 0.00424. The molecular weight excluding hydrogens is 342 g/mol. The number of ketones is 1. The number of hydrazone groups is 1. The van der Waals surface area contributed by atoms with E-state index in [1.165, 1.54) is 11.1 Å². The topological polar surface area (TPSA) is 77.6 Å². The van der Waals surface area contributed by atoms with Gasteiger partial charge in [0.05, 0.1) is 11.3 Å². The molecule has 0 aliphatic carbocycles. The Bertz CT molecular complexity index is 870. The number of rotatable bonds is 4. The molecule has 0 spiro atoms. The Hall–Kier alpha value is -3.16. The van der Waals surface area contributed by atoms with Crippen LogP contribution in [0.3, 0.4) is 0 Å². The lowest BCUT2D eigenvalue weighted by atomic mass is 10.0. The second-order valence-corrected chi connectivity index (χ2v) is 5.76. The predicted molar refractivity (Wildman–Crippen MR) is 95.7 cm³/mol. The van der Waals surface area contributed by atoms with E-state index >= 15 is 0 Å². The summed E-state index contributed by atoms with van der Waals surface area (Å²) in [4.78, 5) is 16.7. The van der Waals surface area contributed by atoms with Gasteiger partial charge in [-0.3, -0.25) is 9.79 Å². The molecule has 2 rings (SSSR count). The summed E-state index contributed by atoms with van der Waals surface area (Å²) in [6, 6.07) is 2.50. The van der Waals surface area contributed by atoms with E-state index in [9.17, 15) is 18.8 Å². The van der Waals surface area contributed by atoms with E-state index in [0.29, 0.717) is 17.6 Å². The first-order valence-electron chi connectivity index (χ1n) is 7.74. The van der Waals surface area contributed by atoms with Crippen molar-refractivity contribution in [2.75, 3.05) is 7.05 Å². The summed E-state index contributed by atoms with van der Waals surface area (Å²) in [6.07, 6.45) is 2.98. The Morgan fingerprint density at radius 2 is 2.00 bits per heavy atom. The van der Waals surface area contributed by atoms with Gasteiger partial charge in [-0.25, -0.2) is 13.8 Å². The maximum absolute atomic E-state index is 13.9. The fourth-order valence-corrected chi connectivity index (χ4v) is 2.39. The SMILES string of the molecule is C=C1C=CC(/C(=N/O)C(=O)c2ccc(F)cc2F)=NN1C(=NC)C(C)C. The number of carbonyl (C=O) groups excluding carboxylic acids is 1. The molecule has 0 unspecified atom stereocenters. The van der Waals surface area contributed by atoms with Gasteiger partial charge in [0.25, 0.3) is 0 Å². The number of allylic oxidation sites excluding steroid dienone is 2. The van der Waals surface area contributed by atoms with Gasteiger partial charge in [-0.15, -0.1) is 0 Å². The number of hydrogen-bond acceptors (Lipinski definition) is 5. The van der Waals surface area contributed by atoms with Crippen molar-refractivity contribution in [2.24, 2.45) is 21.2 Å². The second kappa shape index (κ2) is 7.81. The highest BCUT2D eigenvalue weighted by molar-refractivity contribution is 6.72. The zero-order chi connectivity index (χ0) is 19.4. The van der Waals surface area contributed by atoms with Gasteiger partial charge in [0.15, 0.2) is 5.71 Å². The average molecular weight is 360 g/mol. The van der Waals surface area contributed by atoms with Crippen LogP contribution in [0, 0.1) is 17.6 Å². The molecule has 0 radical (unpaired) electrons. The molecule has 1 N–H and O–H groups in total. The number of hydrogen-bond donors (Lipinski definition) is 1. The highest BCUT2D eigenvalue weighted by Gasteiger charge is 2.27.